The van der Waals surface area contributed by atoms with E-state index >= 15 is 0 Å². The van der Waals surface area contributed by atoms with E-state index in [0.29, 0.717) is 44.9 Å². The first-order valence-electron chi connectivity index (χ1n) is 9.03. The molecule has 0 fully saturated rings. The number of halogens is 1. The highest BCUT2D eigenvalue weighted by atomic mass is 35.5. The Balaban J connectivity index is 1.61. The number of para-hydroxylation sites is 2. The van der Waals surface area contributed by atoms with E-state index in [1.165, 1.54) is 14.2 Å². The zero-order valence-electron chi connectivity index (χ0n) is 16.2. The van der Waals surface area contributed by atoms with Gasteiger partial charge in [0.15, 0.2) is 5.58 Å². The molecule has 3 aromatic carbocycles. The molecule has 2 amide bonds. The number of anilines is 2. The topological polar surface area (TPSA) is 85.6 Å². The Kier molecular flexibility index (Phi) is 5.45. The van der Waals surface area contributed by atoms with Crippen LogP contribution in [0.5, 0.6) is 11.5 Å². The lowest BCUT2D eigenvalue weighted by Crippen LogP contribution is -2.20. The maximum absolute atomic E-state index is 12.6. The molecule has 30 heavy (non-hydrogen) atoms. The van der Waals surface area contributed by atoms with Crippen LogP contribution in [0.3, 0.4) is 0 Å². The van der Waals surface area contributed by atoms with Crippen molar-refractivity contribution in [1.29, 1.82) is 0 Å². The van der Waals surface area contributed by atoms with E-state index in [1.807, 2.05) is 30.3 Å². The summed E-state index contributed by atoms with van der Waals surface area (Å²) in [6.45, 7) is 0. The zero-order chi connectivity index (χ0) is 21.1. The first-order chi connectivity index (χ1) is 14.6. The summed E-state index contributed by atoms with van der Waals surface area (Å²) in [5, 5.41) is 5.98. The van der Waals surface area contributed by atoms with Gasteiger partial charge in [-0.15, -0.1) is 0 Å². The molecule has 0 spiro atoms. The zero-order valence-corrected chi connectivity index (χ0v) is 17.0. The Morgan fingerprint density at radius 3 is 2.30 bits per heavy atom. The minimum atomic E-state index is -0.483. The van der Waals surface area contributed by atoms with Crippen molar-refractivity contribution in [2.75, 3.05) is 24.9 Å². The number of nitrogens with zero attached hydrogens (tertiary/aromatic N) is 1. The van der Waals surface area contributed by atoms with Gasteiger partial charge in [0.05, 0.1) is 25.6 Å². The van der Waals surface area contributed by atoms with Gasteiger partial charge in [-0.2, -0.15) is 0 Å². The molecule has 0 atom stereocenters. The van der Waals surface area contributed by atoms with Crippen molar-refractivity contribution in [3.8, 4) is 23.0 Å². The number of nitrogens with one attached hydrogen (secondary N) is 2. The number of benzene rings is 3. The van der Waals surface area contributed by atoms with Gasteiger partial charge in [-0.3, -0.25) is 0 Å². The summed E-state index contributed by atoms with van der Waals surface area (Å²) in [6.07, 6.45) is 0. The maximum Gasteiger partial charge on any atom is 0.323 e. The van der Waals surface area contributed by atoms with Crippen molar-refractivity contribution in [3.63, 3.8) is 0 Å². The number of hydrogen-bond acceptors (Lipinski definition) is 5. The number of hydrogen-bond donors (Lipinski definition) is 2. The van der Waals surface area contributed by atoms with Crippen molar-refractivity contribution in [3.05, 3.63) is 65.7 Å². The average molecular weight is 424 g/mol. The van der Waals surface area contributed by atoms with Crippen LogP contribution in [0.15, 0.2) is 65.1 Å². The van der Waals surface area contributed by atoms with Crippen LogP contribution < -0.4 is 20.1 Å². The Bertz CT molecular complexity index is 1190. The number of carbonyl (C=O) groups excluding carboxylic acids is 1. The van der Waals surface area contributed by atoms with Crippen molar-refractivity contribution in [1.82, 2.24) is 4.98 Å². The number of fused-ring (bicyclic) bond motifs is 1. The fraction of sp³-hybridized carbons (Fsp3) is 0.0909. The molecular formula is C22H18ClN3O4. The van der Waals surface area contributed by atoms with Crippen LogP contribution in [0.2, 0.25) is 5.02 Å². The largest absolute Gasteiger partial charge is 0.495 e. The van der Waals surface area contributed by atoms with E-state index in [-0.39, 0.29) is 0 Å². The highest BCUT2D eigenvalue weighted by molar-refractivity contribution is 6.31. The highest BCUT2D eigenvalue weighted by Crippen LogP contribution is 2.33. The van der Waals surface area contributed by atoms with Crippen LogP contribution in [0.1, 0.15) is 0 Å². The van der Waals surface area contributed by atoms with E-state index in [0.717, 1.165) is 5.52 Å². The lowest BCUT2D eigenvalue weighted by atomic mass is 10.2. The van der Waals surface area contributed by atoms with Gasteiger partial charge in [0.2, 0.25) is 5.89 Å². The van der Waals surface area contributed by atoms with Gasteiger partial charge in [0.25, 0.3) is 0 Å². The van der Waals surface area contributed by atoms with Crippen molar-refractivity contribution >= 4 is 40.1 Å². The van der Waals surface area contributed by atoms with E-state index in [4.69, 9.17) is 25.5 Å². The molecule has 0 saturated heterocycles. The molecule has 4 aromatic rings. The smallest absolute Gasteiger partial charge is 0.323 e. The number of rotatable bonds is 5. The summed E-state index contributed by atoms with van der Waals surface area (Å²) in [5.41, 5.74) is 3.03. The first kappa shape index (κ1) is 19.6. The van der Waals surface area contributed by atoms with Crippen LogP contribution in [-0.4, -0.2) is 25.2 Å². The second kappa shape index (κ2) is 8.34. The minimum absolute atomic E-state index is 0.441. The summed E-state index contributed by atoms with van der Waals surface area (Å²) >= 11 is 6.02. The van der Waals surface area contributed by atoms with Crippen LogP contribution in [0.25, 0.3) is 22.6 Å². The van der Waals surface area contributed by atoms with Crippen molar-refractivity contribution in [2.45, 2.75) is 0 Å². The number of aromatic nitrogens is 1. The Hall–Kier alpha value is -3.71. The van der Waals surface area contributed by atoms with Gasteiger partial charge in [0, 0.05) is 10.6 Å². The van der Waals surface area contributed by atoms with E-state index < -0.39 is 6.03 Å². The van der Waals surface area contributed by atoms with Gasteiger partial charge in [-0.05, 0) is 48.5 Å². The van der Waals surface area contributed by atoms with E-state index in [1.54, 1.807) is 30.3 Å². The maximum atomic E-state index is 12.6. The fourth-order valence-electron chi connectivity index (χ4n) is 2.99. The lowest BCUT2D eigenvalue weighted by Gasteiger charge is -2.14. The summed E-state index contributed by atoms with van der Waals surface area (Å²) in [4.78, 5) is 17.1. The average Bonchev–Trinajstić information content (AvgIpc) is 3.18. The molecule has 0 aliphatic heterocycles. The predicted octanol–water partition coefficient (Wildman–Crippen LogP) is 5.81. The molecule has 152 valence electrons. The summed E-state index contributed by atoms with van der Waals surface area (Å²) in [7, 11) is 3.04. The Labute approximate surface area is 177 Å². The molecule has 8 heteroatoms. The number of amides is 2. The van der Waals surface area contributed by atoms with Gasteiger partial charge in [-0.25, -0.2) is 9.78 Å². The fourth-order valence-corrected chi connectivity index (χ4v) is 3.16. The molecule has 7 nitrogen and oxygen atoms in total. The molecule has 0 saturated carbocycles. The molecule has 0 unspecified atom stereocenters. The molecule has 4 rings (SSSR count). The summed E-state index contributed by atoms with van der Waals surface area (Å²) in [6, 6.07) is 17.2. The van der Waals surface area contributed by atoms with Gasteiger partial charge in [0.1, 0.15) is 17.0 Å². The number of carbonyl (C=O) groups is 1. The predicted molar refractivity (Wildman–Crippen MR) is 117 cm³/mol. The third-order valence-corrected chi connectivity index (χ3v) is 4.63. The van der Waals surface area contributed by atoms with Gasteiger partial charge < -0.3 is 24.5 Å². The molecule has 0 radical (unpaired) electrons. The highest BCUT2D eigenvalue weighted by Gasteiger charge is 2.14. The molecule has 2 N–H and O–H groups in total. The second-order valence-electron chi connectivity index (χ2n) is 6.33. The van der Waals surface area contributed by atoms with Crippen LogP contribution in [0, 0.1) is 0 Å². The number of ether oxygens (including phenoxy) is 2. The van der Waals surface area contributed by atoms with Crippen molar-refractivity contribution < 1.29 is 18.7 Å². The SMILES string of the molecule is COc1ccc(Cl)cc1NC(=O)Nc1cc(-c2nc3ccccc3o2)ccc1OC. The number of urea groups is 1. The van der Waals surface area contributed by atoms with E-state index in [2.05, 4.69) is 15.6 Å². The number of oxazole rings is 1. The summed E-state index contributed by atoms with van der Waals surface area (Å²) in [5.74, 6) is 1.42. The molecular weight excluding hydrogens is 406 g/mol. The third kappa shape index (κ3) is 4.01. The van der Waals surface area contributed by atoms with Gasteiger partial charge in [-0.1, -0.05) is 23.7 Å². The normalized spacial score (nSPS) is 10.6. The van der Waals surface area contributed by atoms with Gasteiger partial charge >= 0.3 is 6.03 Å². The van der Waals surface area contributed by atoms with Crippen LogP contribution in [-0.2, 0) is 0 Å². The first-order valence-corrected chi connectivity index (χ1v) is 9.40. The molecule has 0 bridgehead atoms. The minimum Gasteiger partial charge on any atom is -0.495 e. The standard InChI is InChI=1S/C22H18ClN3O4/c1-28-18-9-7-13(21-24-15-5-3-4-6-20(15)30-21)11-16(18)25-22(27)26-17-12-14(23)8-10-19(17)29-2/h3-12H,1-2H3,(H2,25,26,27). The molecule has 1 aromatic heterocycles. The Morgan fingerprint density at radius 2 is 1.60 bits per heavy atom. The quantitative estimate of drug-likeness (QED) is 0.423. The van der Waals surface area contributed by atoms with Crippen molar-refractivity contribution in [2.24, 2.45) is 0 Å². The summed E-state index contributed by atoms with van der Waals surface area (Å²) < 4.78 is 16.4. The molecule has 0 aliphatic rings. The number of methoxy groups -OCH3 is 2. The monoisotopic (exact) mass is 423 g/mol. The Morgan fingerprint density at radius 1 is 0.933 bits per heavy atom. The van der Waals surface area contributed by atoms with Crippen LogP contribution in [0.4, 0.5) is 16.2 Å². The third-order valence-electron chi connectivity index (χ3n) is 4.40. The van der Waals surface area contributed by atoms with E-state index in [9.17, 15) is 4.79 Å². The molecule has 0 aliphatic carbocycles. The molecule has 1 heterocycles. The second-order valence-corrected chi connectivity index (χ2v) is 6.76. The lowest BCUT2D eigenvalue weighted by molar-refractivity contribution is 0.262. The van der Waals surface area contributed by atoms with Crippen LogP contribution >= 0.6 is 11.6 Å².